The third-order valence-electron chi connectivity index (χ3n) is 3.16. The first-order valence-electron chi connectivity index (χ1n) is 5.98. The van der Waals surface area contributed by atoms with Gasteiger partial charge in [0.25, 0.3) is 5.91 Å². The van der Waals surface area contributed by atoms with Gasteiger partial charge in [0.2, 0.25) is 5.91 Å². The topological polar surface area (TPSA) is 49.4 Å². The van der Waals surface area contributed by atoms with Gasteiger partial charge in [0.15, 0.2) is 0 Å². The maximum Gasteiger partial charge on any atom is 0.253 e. The Morgan fingerprint density at radius 3 is 2.95 bits per heavy atom. The summed E-state index contributed by atoms with van der Waals surface area (Å²) in [6, 6.07) is 5.21. The van der Waals surface area contributed by atoms with Gasteiger partial charge in [-0.1, -0.05) is 17.7 Å². The van der Waals surface area contributed by atoms with Crippen LogP contribution in [0.5, 0.6) is 0 Å². The predicted molar refractivity (Wildman–Crippen MR) is 77.3 cm³/mol. The number of nitrogens with one attached hydrogen (secondary N) is 1. The van der Waals surface area contributed by atoms with E-state index < -0.39 is 0 Å². The summed E-state index contributed by atoms with van der Waals surface area (Å²) in [5, 5.41) is 3.32. The number of nitrogens with zero attached hydrogens (tertiary/aromatic N) is 1. The van der Waals surface area contributed by atoms with E-state index in [1.807, 2.05) is 0 Å². The number of halogens is 2. The molecule has 6 heteroatoms. The van der Waals surface area contributed by atoms with Crippen molar-refractivity contribution in [3.8, 4) is 0 Å². The first kappa shape index (κ1) is 14.3. The molecule has 1 aliphatic heterocycles. The first-order chi connectivity index (χ1) is 8.99. The van der Waals surface area contributed by atoms with Crippen LogP contribution in [0.1, 0.15) is 23.2 Å². The van der Waals surface area contributed by atoms with Gasteiger partial charge in [-0.3, -0.25) is 9.59 Å². The molecule has 0 radical (unpaired) electrons. The number of amides is 2. The van der Waals surface area contributed by atoms with E-state index in [1.54, 1.807) is 30.1 Å². The Bertz CT molecular complexity index is 521. The first-order valence-corrected chi connectivity index (χ1v) is 7.15. The van der Waals surface area contributed by atoms with E-state index in [1.165, 1.54) is 0 Å². The average molecular weight is 346 g/mol. The Labute approximate surface area is 125 Å². The van der Waals surface area contributed by atoms with Gasteiger partial charge < -0.3 is 10.2 Å². The molecule has 1 heterocycles. The van der Waals surface area contributed by atoms with Crippen LogP contribution in [0.25, 0.3) is 0 Å². The molecule has 2 amide bonds. The van der Waals surface area contributed by atoms with E-state index in [9.17, 15) is 9.59 Å². The Kier molecular flexibility index (Phi) is 4.47. The van der Waals surface area contributed by atoms with Gasteiger partial charge in [0.05, 0.1) is 10.6 Å². The van der Waals surface area contributed by atoms with E-state index in [-0.39, 0.29) is 17.9 Å². The standard InChI is InChI=1S/C13H14BrClN2O2/c1-17-7-8(5-6-11(17)18)16-13(19)9-3-2-4-10(14)12(9)15/h2-4,8H,5-7H2,1H3,(H,16,19). The summed E-state index contributed by atoms with van der Waals surface area (Å²) in [6.07, 6.45) is 1.13. The monoisotopic (exact) mass is 344 g/mol. The molecule has 1 aromatic rings. The van der Waals surface area contributed by atoms with Crippen molar-refractivity contribution >= 4 is 39.3 Å². The molecule has 0 bridgehead atoms. The van der Waals surface area contributed by atoms with Crippen LogP contribution >= 0.6 is 27.5 Å². The molecule has 0 aliphatic carbocycles. The van der Waals surface area contributed by atoms with Gasteiger partial charge in [0, 0.05) is 30.5 Å². The van der Waals surface area contributed by atoms with Crippen LogP contribution in [0.2, 0.25) is 5.02 Å². The second-order valence-electron chi connectivity index (χ2n) is 4.58. The highest BCUT2D eigenvalue weighted by molar-refractivity contribution is 9.10. The van der Waals surface area contributed by atoms with Gasteiger partial charge in [-0.15, -0.1) is 0 Å². The minimum absolute atomic E-state index is 0.0229. The number of carbonyl (C=O) groups excluding carboxylic acids is 2. The summed E-state index contributed by atoms with van der Waals surface area (Å²) in [6.45, 7) is 0.538. The molecule has 1 unspecified atom stereocenters. The second kappa shape index (κ2) is 5.92. The maximum absolute atomic E-state index is 12.2. The molecule has 2 rings (SSSR count). The van der Waals surface area contributed by atoms with Crippen LogP contribution in [0.15, 0.2) is 22.7 Å². The summed E-state index contributed by atoms with van der Waals surface area (Å²) < 4.78 is 0.692. The van der Waals surface area contributed by atoms with Crippen molar-refractivity contribution < 1.29 is 9.59 Å². The molecule has 1 aromatic carbocycles. The highest BCUT2D eigenvalue weighted by Gasteiger charge is 2.25. The van der Waals surface area contributed by atoms with Crippen molar-refractivity contribution in [1.29, 1.82) is 0 Å². The van der Waals surface area contributed by atoms with E-state index in [0.29, 0.717) is 34.4 Å². The fourth-order valence-corrected chi connectivity index (χ4v) is 2.65. The van der Waals surface area contributed by atoms with E-state index in [0.717, 1.165) is 0 Å². The Morgan fingerprint density at radius 1 is 1.53 bits per heavy atom. The lowest BCUT2D eigenvalue weighted by molar-refractivity contribution is -0.132. The molecule has 102 valence electrons. The smallest absolute Gasteiger partial charge is 0.253 e. The van der Waals surface area contributed by atoms with E-state index >= 15 is 0 Å². The van der Waals surface area contributed by atoms with Gasteiger partial charge in [-0.25, -0.2) is 0 Å². The molecule has 19 heavy (non-hydrogen) atoms. The molecular weight excluding hydrogens is 332 g/mol. The lowest BCUT2D eigenvalue weighted by Gasteiger charge is -2.30. The highest BCUT2D eigenvalue weighted by atomic mass is 79.9. The van der Waals surface area contributed by atoms with Crippen LogP contribution in [-0.4, -0.2) is 36.3 Å². The van der Waals surface area contributed by atoms with Gasteiger partial charge >= 0.3 is 0 Å². The average Bonchev–Trinajstić information content (AvgIpc) is 2.37. The Morgan fingerprint density at radius 2 is 2.26 bits per heavy atom. The van der Waals surface area contributed by atoms with Gasteiger partial charge in [-0.05, 0) is 34.5 Å². The fraction of sp³-hybridized carbons (Fsp3) is 0.385. The second-order valence-corrected chi connectivity index (χ2v) is 5.82. The summed E-state index contributed by atoms with van der Waals surface area (Å²) in [7, 11) is 1.74. The summed E-state index contributed by atoms with van der Waals surface area (Å²) in [5.74, 6) is -0.0926. The molecule has 1 fully saturated rings. The van der Waals surface area contributed by atoms with Crippen molar-refractivity contribution in [2.45, 2.75) is 18.9 Å². The summed E-state index contributed by atoms with van der Waals surface area (Å²) in [4.78, 5) is 25.2. The van der Waals surface area contributed by atoms with Crippen LogP contribution in [0.3, 0.4) is 0 Å². The minimum atomic E-state index is -0.209. The highest BCUT2D eigenvalue weighted by Crippen LogP contribution is 2.26. The normalized spacial score (nSPS) is 19.4. The predicted octanol–water partition coefficient (Wildman–Crippen LogP) is 2.45. The van der Waals surface area contributed by atoms with Crippen molar-refractivity contribution in [1.82, 2.24) is 10.2 Å². The van der Waals surface area contributed by atoms with Crippen LogP contribution in [-0.2, 0) is 4.79 Å². The number of rotatable bonds is 2. The maximum atomic E-state index is 12.2. The molecule has 1 aliphatic rings. The van der Waals surface area contributed by atoms with Crippen molar-refractivity contribution in [3.05, 3.63) is 33.3 Å². The quantitative estimate of drug-likeness (QED) is 0.895. The number of piperidine rings is 1. The molecule has 0 saturated carbocycles. The molecule has 4 nitrogen and oxygen atoms in total. The third kappa shape index (κ3) is 3.28. The molecular formula is C13H14BrClN2O2. The lowest BCUT2D eigenvalue weighted by atomic mass is 10.1. The fourth-order valence-electron chi connectivity index (χ4n) is 2.07. The Balaban J connectivity index is 2.05. The van der Waals surface area contributed by atoms with Gasteiger partial charge in [-0.2, -0.15) is 0 Å². The summed E-state index contributed by atoms with van der Waals surface area (Å²) >= 11 is 9.38. The number of carbonyl (C=O) groups is 2. The molecule has 1 atom stereocenters. The SMILES string of the molecule is CN1CC(NC(=O)c2cccc(Br)c2Cl)CCC1=O. The number of benzene rings is 1. The molecule has 1 saturated heterocycles. The zero-order valence-electron chi connectivity index (χ0n) is 10.5. The van der Waals surface area contributed by atoms with Crippen molar-refractivity contribution in [2.75, 3.05) is 13.6 Å². The van der Waals surface area contributed by atoms with Crippen molar-refractivity contribution in [3.63, 3.8) is 0 Å². The van der Waals surface area contributed by atoms with Crippen molar-refractivity contribution in [2.24, 2.45) is 0 Å². The number of likely N-dealkylation sites (tertiary alicyclic amines) is 1. The Hall–Kier alpha value is -1.07. The number of hydrogen-bond acceptors (Lipinski definition) is 2. The van der Waals surface area contributed by atoms with Crippen LogP contribution in [0.4, 0.5) is 0 Å². The van der Waals surface area contributed by atoms with Gasteiger partial charge in [0.1, 0.15) is 0 Å². The largest absolute Gasteiger partial charge is 0.347 e. The molecule has 0 aromatic heterocycles. The third-order valence-corrected chi connectivity index (χ3v) is 4.45. The van der Waals surface area contributed by atoms with E-state index in [2.05, 4.69) is 21.2 Å². The number of likely N-dealkylation sites (N-methyl/N-ethyl adjacent to an activating group) is 1. The zero-order chi connectivity index (χ0) is 14.0. The van der Waals surface area contributed by atoms with E-state index in [4.69, 9.17) is 11.6 Å². The van der Waals surface area contributed by atoms with Crippen LogP contribution in [0, 0.1) is 0 Å². The minimum Gasteiger partial charge on any atom is -0.347 e. The zero-order valence-corrected chi connectivity index (χ0v) is 12.8. The van der Waals surface area contributed by atoms with Crippen LogP contribution < -0.4 is 5.32 Å². The summed E-state index contributed by atoms with van der Waals surface area (Å²) in [5.41, 5.74) is 0.440. The molecule has 0 spiro atoms. The molecule has 1 N–H and O–H groups in total. The number of hydrogen-bond donors (Lipinski definition) is 1. The lowest BCUT2D eigenvalue weighted by Crippen LogP contribution is -2.48.